The molecular formula is C27H23Cl2F6N3O5. The number of anilines is 1. The molecule has 3 amide bonds. The number of ether oxygens (including phenoxy) is 2. The molecule has 16 heteroatoms. The molecule has 2 unspecified atom stereocenters. The lowest BCUT2D eigenvalue weighted by molar-refractivity contribution is -0.281. The van der Waals surface area contributed by atoms with E-state index in [-0.39, 0.29) is 45.8 Å². The van der Waals surface area contributed by atoms with Gasteiger partial charge in [0.05, 0.1) is 17.3 Å². The van der Waals surface area contributed by atoms with E-state index in [2.05, 4.69) is 10.6 Å². The van der Waals surface area contributed by atoms with E-state index in [9.17, 15) is 40.7 Å². The monoisotopic (exact) mass is 653 g/mol. The summed E-state index contributed by atoms with van der Waals surface area (Å²) in [6.07, 6.45) is -8.17. The fourth-order valence-corrected chi connectivity index (χ4v) is 5.91. The summed E-state index contributed by atoms with van der Waals surface area (Å²) >= 11 is 11.6. The van der Waals surface area contributed by atoms with Crippen molar-refractivity contribution in [3.05, 3.63) is 52.3 Å². The Morgan fingerprint density at radius 3 is 2.44 bits per heavy atom. The average molecular weight is 654 g/mol. The molecule has 3 fully saturated rings. The molecule has 0 spiro atoms. The normalized spacial score (nSPS) is 24.4. The van der Waals surface area contributed by atoms with Crippen LogP contribution in [0.25, 0.3) is 0 Å². The van der Waals surface area contributed by atoms with Crippen molar-refractivity contribution in [3.8, 4) is 11.5 Å². The van der Waals surface area contributed by atoms with Crippen LogP contribution < -0.4 is 25.0 Å². The Kier molecular flexibility index (Phi) is 8.14. The van der Waals surface area contributed by atoms with Crippen LogP contribution in [-0.2, 0) is 14.4 Å². The first kappa shape index (κ1) is 31.0. The zero-order valence-electron chi connectivity index (χ0n) is 22.0. The summed E-state index contributed by atoms with van der Waals surface area (Å²) in [4.78, 5) is 39.0. The Morgan fingerprint density at radius 1 is 1.05 bits per heavy atom. The molecule has 2 atom stereocenters. The standard InChI is InChI=1S/C27H23Cl2F6N3O5/c28-14-1-4-20-19(5-14)38(23(40)10-26(31,32)27(33,34)35)11-21(43-20)24(41)37-25-7-13(8-25)18(9-25)36-22(39)12-42-15-2-3-16(29)17(30)6-15/h1-6,13,18,21H,7-12H2,(H,36,39)(H,37,41). The molecule has 0 aromatic heterocycles. The number of hydrogen-bond donors (Lipinski definition) is 2. The van der Waals surface area contributed by atoms with Gasteiger partial charge in [0.15, 0.2) is 12.7 Å². The summed E-state index contributed by atoms with van der Waals surface area (Å²) in [7, 11) is 0. The first-order valence-corrected chi connectivity index (χ1v) is 13.7. The molecule has 2 aromatic carbocycles. The number of nitrogens with zero attached hydrogens (tertiary/aromatic N) is 1. The molecule has 43 heavy (non-hydrogen) atoms. The Morgan fingerprint density at radius 2 is 1.77 bits per heavy atom. The van der Waals surface area contributed by atoms with Crippen LogP contribution in [0.15, 0.2) is 36.4 Å². The fraction of sp³-hybridized carbons (Fsp3) is 0.444. The average Bonchev–Trinajstić information content (AvgIpc) is 3.41. The quantitative estimate of drug-likeness (QED) is 0.389. The van der Waals surface area contributed by atoms with E-state index in [0.717, 1.165) is 6.07 Å². The summed E-state index contributed by atoms with van der Waals surface area (Å²) in [5.41, 5.74) is -0.865. The van der Waals surface area contributed by atoms with Crippen molar-refractivity contribution in [2.75, 3.05) is 18.1 Å². The topological polar surface area (TPSA) is 97.0 Å². The number of nitrogens with one attached hydrogen (secondary N) is 2. The summed E-state index contributed by atoms with van der Waals surface area (Å²) in [6, 6.07) is 7.23. The lowest BCUT2D eigenvalue weighted by Crippen LogP contribution is -2.59. The highest BCUT2D eigenvalue weighted by molar-refractivity contribution is 6.31. The molecule has 8 nitrogen and oxygen atoms in total. The lowest BCUT2D eigenvalue weighted by atomic mass is 9.76. The molecule has 2 N–H and O–H groups in total. The van der Waals surface area contributed by atoms with Gasteiger partial charge in [-0.05, 0) is 55.5 Å². The Bertz CT molecular complexity index is 1450. The summed E-state index contributed by atoms with van der Waals surface area (Å²) < 4.78 is 90.3. The minimum Gasteiger partial charge on any atom is -0.484 e. The minimum absolute atomic E-state index is 0.0371. The van der Waals surface area contributed by atoms with Gasteiger partial charge in [0.25, 0.3) is 11.8 Å². The molecule has 2 aromatic rings. The van der Waals surface area contributed by atoms with E-state index >= 15 is 0 Å². The van der Waals surface area contributed by atoms with Gasteiger partial charge in [-0.25, -0.2) is 4.39 Å². The lowest BCUT2D eigenvalue weighted by Gasteiger charge is -2.41. The maximum Gasteiger partial charge on any atom is 0.453 e. The predicted molar refractivity (Wildman–Crippen MR) is 141 cm³/mol. The second-order valence-electron chi connectivity index (χ2n) is 10.8. The Hall–Kier alpha value is -3.39. The van der Waals surface area contributed by atoms with Crippen molar-refractivity contribution in [1.82, 2.24) is 10.6 Å². The number of rotatable bonds is 8. The number of alkyl halides is 5. The molecule has 0 radical (unpaired) electrons. The summed E-state index contributed by atoms with van der Waals surface area (Å²) in [6.45, 7) is -1.02. The minimum atomic E-state index is -5.95. The summed E-state index contributed by atoms with van der Waals surface area (Å²) in [5.74, 6) is -8.68. The number of amides is 3. The van der Waals surface area contributed by atoms with Gasteiger partial charge in [0.2, 0.25) is 5.91 Å². The predicted octanol–water partition coefficient (Wildman–Crippen LogP) is 5.05. The number of carbonyl (C=O) groups is 3. The number of benzene rings is 2. The summed E-state index contributed by atoms with van der Waals surface area (Å²) in [5, 5.41) is 5.64. The zero-order chi connectivity index (χ0) is 31.3. The van der Waals surface area contributed by atoms with Crippen molar-refractivity contribution in [3.63, 3.8) is 0 Å². The second-order valence-corrected chi connectivity index (χ2v) is 11.6. The number of halogens is 8. The highest BCUT2D eigenvalue weighted by atomic mass is 35.5. The van der Waals surface area contributed by atoms with Crippen LogP contribution in [0.4, 0.5) is 32.0 Å². The molecule has 6 rings (SSSR count). The second kappa shape index (κ2) is 11.3. The van der Waals surface area contributed by atoms with Crippen molar-refractivity contribution < 1.29 is 50.2 Å². The number of carbonyl (C=O) groups excluding carboxylic acids is 3. The van der Waals surface area contributed by atoms with Gasteiger partial charge in [0.1, 0.15) is 23.7 Å². The van der Waals surface area contributed by atoms with Gasteiger partial charge in [-0.15, -0.1) is 0 Å². The molecule has 3 saturated carbocycles. The molecule has 3 aliphatic carbocycles. The van der Waals surface area contributed by atoms with E-state index in [1.807, 2.05) is 0 Å². The molecule has 1 heterocycles. The molecule has 232 valence electrons. The molecule has 2 bridgehead atoms. The molecule has 1 aliphatic heterocycles. The third-order valence-electron chi connectivity index (χ3n) is 7.69. The maximum atomic E-state index is 13.7. The third-order valence-corrected chi connectivity index (χ3v) is 8.23. The number of hydrogen-bond acceptors (Lipinski definition) is 5. The SMILES string of the molecule is O=C(COc1ccc(Cl)c(F)c1)NC1CC2(NC(=O)C3CN(C(=O)CC(F)(F)C(F)(F)F)c4cc(Cl)ccc4O3)CC1C2. The fourth-order valence-electron chi connectivity index (χ4n) is 5.62. The number of fused-ring (bicyclic) bond motifs is 2. The largest absolute Gasteiger partial charge is 0.484 e. The van der Waals surface area contributed by atoms with E-state index in [1.54, 1.807) is 0 Å². The first-order valence-electron chi connectivity index (χ1n) is 13.0. The highest BCUT2D eigenvalue weighted by Crippen LogP contribution is 2.52. The van der Waals surface area contributed by atoms with Crippen molar-refractivity contribution >= 4 is 46.6 Å². The van der Waals surface area contributed by atoms with Crippen LogP contribution in [0.1, 0.15) is 25.7 Å². The Labute approximate surface area is 250 Å². The van der Waals surface area contributed by atoms with Crippen molar-refractivity contribution in [1.29, 1.82) is 0 Å². The van der Waals surface area contributed by atoms with Crippen LogP contribution in [-0.4, -0.2) is 60.7 Å². The van der Waals surface area contributed by atoms with E-state index in [1.165, 1.54) is 30.3 Å². The van der Waals surface area contributed by atoms with Gasteiger partial charge >= 0.3 is 12.1 Å². The van der Waals surface area contributed by atoms with Gasteiger partial charge in [-0.3, -0.25) is 14.4 Å². The highest BCUT2D eigenvalue weighted by Gasteiger charge is 2.60. The van der Waals surface area contributed by atoms with Gasteiger partial charge in [-0.2, -0.15) is 22.0 Å². The first-order chi connectivity index (χ1) is 20.1. The van der Waals surface area contributed by atoms with Crippen LogP contribution in [0.2, 0.25) is 10.0 Å². The van der Waals surface area contributed by atoms with Crippen LogP contribution in [0.3, 0.4) is 0 Å². The molecule has 4 aliphatic rings. The third kappa shape index (κ3) is 6.44. The van der Waals surface area contributed by atoms with Crippen molar-refractivity contribution in [2.45, 2.75) is 55.5 Å². The van der Waals surface area contributed by atoms with E-state index in [0.29, 0.717) is 24.2 Å². The smallest absolute Gasteiger partial charge is 0.453 e. The van der Waals surface area contributed by atoms with Crippen LogP contribution in [0, 0.1) is 11.7 Å². The van der Waals surface area contributed by atoms with Crippen LogP contribution in [0.5, 0.6) is 11.5 Å². The molecular weight excluding hydrogens is 631 g/mol. The maximum absolute atomic E-state index is 13.7. The Balaban J connectivity index is 1.20. The van der Waals surface area contributed by atoms with Gasteiger partial charge < -0.3 is 25.0 Å². The van der Waals surface area contributed by atoms with E-state index in [4.69, 9.17) is 32.7 Å². The van der Waals surface area contributed by atoms with E-state index < -0.39 is 60.2 Å². The van der Waals surface area contributed by atoms with Crippen LogP contribution >= 0.6 is 23.2 Å². The van der Waals surface area contributed by atoms with Crippen molar-refractivity contribution in [2.24, 2.45) is 5.92 Å². The zero-order valence-corrected chi connectivity index (χ0v) is 23.5. The van der Waals surface area contributed by atoms with Gasteiger partial charge in [0, 0.05) is 22.7 Å². The van der Waals surface area contributed by atoms with Gasteiger partial charge in [-0.1, -0.05) is 23.2 Å². The molecule has 0 saturated heterocycles.